The average molecular weight is 229 g/mol. The van der Waals surface area contributed by atoms with Gasteiger partial charge in [-0.05, 0) is 17.5 Å². The molecule has 4 heteroatoms. The van der Waals surface area contributed by atoms with E-state index in [0.29, 0.717) is 6.54 Å². The Morgan fingerprint density at radius 2 is 1.75 bits per heavy atom. The summed E-state index contributed by atoms with van der Waals surface area (Å²) in [6.45, 7) is 0.836. The molecule has 1 aromatic carbocycles. The van der Waals surface area contributed by atoms with E-state index in [2.05, 4.69) is 12.2 Å². The fourth-order valence-electron chi connectivity index (χ4n) is 1.34. The van der Waals surface area contributed by atoms with Gasteiger partial charge in [-0.1, -0.05) is 31.2 Å². The molecule has 0 saturated carbocycles. The van der Waals surface area contributed by atoms with Gasteiger partial charge in [0.05, 0.1) is 6.54 Å². The first-order valence-electron chi connectivity index (χ1n) is 5.34. The van der Waals surface area contributed by atoms with Crippen LogP contribution in [0.4, 0.5) is 8.78 Å². The zero-order valence-electron chi connectivity index (χ0n) is 9.34. The Kier molecular flexibility index (Phi) is 4.83. The van der Waals surface area contributed by atoms with Gasteiger partial charge in [0.1, 0.15) is 6.61 Å². The summed E-state index contributed by atoms with van der Waals surface area (Å²) in [6.07, 6.45) is 0.969. The lowest BCUT2D eigenvalue weighted by atomic mass is 10.1. The van der Waals surface area contributed by atoms with E-state index in [9.17, 15) is 8.78 Å². The molecule has 0 aliphatic carbocycles. The molecule has 0 fully saturated rings. The molecular weight excluding hydrogens is 212 g/mol. The van der Waals surface area contributed by atoms with Crippen LogP contribution in [0.3, 0.4) is 0 Å². The molecule has 90 valence electrons. The van der Waals surface area contributed by atoms with E-state index in [-0.39, 0.29) is 0 Å². The van der Waals surface area contributed by atoms with E-state index in [1.165, 1.54) is 5.56 Å². The van der Waals surface area contributed by atoms with Gasteiger partial charge in [-0.3, -0.25) is 0 Å². The standard InChI is InChI=1S/C12H17F2NO/c1-2-10-3-5-11(6-4-10)7-15-8-12(13,14)9-16/h3-6,15-16H,2,7-9H2,1H3. The van der Waals surface area contributed by atoms with Crippen molar-refractivity contribution in [2.24, 2.45) is 0 Å². The van der Waals surface area contributed by atoms with Gasteiger partial charge in [-0.2, -0.15) is 0 Å². The topological polar surface area (TPSA) is 32.3 Å². The fraction of sp³-hybridized carbons (Fsp3) is 0.500. The quantitative estimate of drug-likeness (QED) is 0.781. The molecule has 0 atom stereocenters. The van der Waals surface area contributed by atoms with E-state index < -0.39 is 19.1 Å². The van der Waals surface area contributed by atoms with Crippen LogP contribution in [-0.2, 0) is 13.0 Å². The van der Waals surface area contributed by atoms with E-state index in [1.807, 2.05) is 24.3 Å². The van der Waals surface area contributed by atoms with Crippen LogP contribution in [-0.4, -0.2) is 24.2 Å². The number of aryl methyl sites for hydroxylation is 1. The lowest BCUT2D eigenvalue weighted by molar-refractivity contribution is -0.0477. The van der Waals surface area contributed by atoms with Crippen molar-refractivity contribution in [1.29, 1.82) is 0 Å². The maximum Gasteiger partial charge on any atom is 0.282 e. The summed E-state index contributed by atoms with van der Waals surface area (Å²) in [5.41, 5.74) is 2.19. The van der Waals surface area contributed by atoms with E-state index in [1.54, 1.807) is 0 Å². The molecule has 0 aliphatic rings. The molecule has 0 aromatic heterocycles. The molecule has 1 rings (SSSR count). The number of nitrogens with one attached hydrogen (secondary N) is 1. The van der Waals surface area contributed by atoms with Crippen LogP contribution in [0.15, 0.2) is 24.3 Å². The molecule has 0 unspecified atom stereocenters. The van der Waals surface area contributed by atoms with Gasteiger partial charge >= 0.3 is 0 Å². The molecular formula is C12H17F2NO. The highest BCUT2D eigenvalue weighted by Crippen LogP contribution is 2.10. The minimum absolute atomic E-state index is 0.388. The Balaban J connectivity index is 2.37. The predicted octanol–water partition coefficient (Wildman–Crippen LogP) is 1.97. The molecule has 2 N–H and O–H groups in total. The first-order valence-corrected chi connectivity index (χ1v) is 5.34. The van der Waals surface area contributed by atoms with Crippen molar-refractivity contribution in [3.05, 3.63) is 35.4 Å². The second-order valence-electron chi connectivity index (χ2n) is 3.79. The number of aliphatic hydroxyl groups excluding tert-OH is 1. The first-order chi connectivity index (χ1) is 7.57. The van der Waals surface area contributed by atoms with E-state index >= 15 is 0 Å². The third kappa shape index (κ3) is 4.24. The second kappa shape index (κ2) is 5.92. The SMILES string of the molecule is CCc1ccc(CNCC(F)(F)CO)cc1. The maximum atomic E-state index is 12.7. The monoisotopic (exact) mass is 229 g/mol. The number of halogens is 2. The highest BCUT2D eigenvalue weighted by Gasteiger charge is 2.26. The number of benzene rings is 1. The number of aliphatic hydroxyl groups is 1. The highest BCUT2D eigenvalue weighted by molar-refractivity contribution is 5.22. The number of rotatable bonds is 6. The zero-order chi connectivity index (χ0) is 12.0. The minimum atomic E-state index is -3.04. The molecule has 0 saturated heterocycles. The van der Waals surface area contributed by atoms with Gasteiger partial charge in [0.25, 0.3) is 5.92 Å². The third-order valence-corrected chi connectivity index (χ3v) is 2.38. The van der Waals surface area contributed by atoms with Gasteiger partial charge in [0, 0.05) is 6.54 Å². The van der Waals surface area contributed by atoms with Crippen molar-refractivity contribution in [2.45, 2.75) is 25.8 Å². The summed E-state index contributed by atoms with van der Waals surface area (Å²) in [6, 6.07) is 7.81. The lowest BCUT2D eigenvalue weighted by Gasteiger charge is -2.13. The average Bonchev–Trinajstić information content (AvgIpc) is 2.30. The van der Waals surface area contributed by atoms with Crippen LogP contribution in [0.5, 0.6) is 0 Å². The Bertz CT molecular complexity index is 311. The van der Waals surface area contributed by atoms with Crippen molar-refractivity contribution in [2.75, 3.05) is 13.2 Å². The Labute approximate surface area is 94.3 Å². The Hall–Kier alpha value is -1.00. The molecule has 0 spiro atoms. The second-order valence-corrected chi connectivity index (χ2v) is 3.79. The normalized spacial score (nSPS) is 11.8. The minimum Gasteiger partial charge on any atom is -0.390 e. The van der Waals surface area contributed by atoms with Gasteiger partial charge in [0.2, 0.25) is 0 Å². The maximum absolute atomic E-state index is 12.7. The van der Waals surface area contributed by atoms with E-state index in [0.717, 1.165) is 12.0 Å². The number of hydrogen-bond acceptors (Lipinski definition) is 2. The van der Waals surface area contributed by atoms with Crippen molar-refractivity contribution >= 4 is 0 Å². The Morgan fingerprint density at radius 1 is 1.19 bits per heavy atom. The smallest absolute Gasteiger partial charge is 0.282 e. The fourth-order valence-corrected chi connectivity index (χ4v) is 1.34. The lowest BCUT2D eigenvalue weighted by Crippen LogP contribution is -2.35. The van der Waals surface area contributed by atoms with Crippen LogP contribution in [0.2, 0.25) is 0 Å². The van der Waals surface area contributed by atoms with Crippen molar-refractivity contribution < 1.29 is 13.9 Å². The Morgan fingerprint density at radius 3 is 2.25 bits per heavy atom. The predicted molar refractivity (Wildman–Crippen MR) is 59.6 cm³/mol. The molecule has 0 bridgehead atoms. The molecule has 1 aromatic rings. The number of alkyl halides is 2. The van der Waals surface area contributed by atoms with Crippen molar-refractivity contribution in [1.82, 2.24) is 5.32 Å². The molecule has 0 aliphatic heterocycles. The molecule has 0 radical (unpaired) electrons. The molecule has 2 nitrogen and oxygen atoms in total. The molecule has 0 heterocycles. The summed E-state index contributed by atoms with van der Waals surface area (Å²) in [5, 5.41) is 11.0. The van der Waals surface area contributed by atoms with Crippen LogP contribution >= 0.6 is 0 Å². The summed E-state index contributed by atoms with van der Waals surface area (Å²) in [7, 11) is 0. The van der Waals surface area contributed by atoms with E-state index in [4.69, 9.17) is 5.11 Å². The van der Waals surface area contributed by atoms with Crippen LogP contribution < -0.4 is 5.32 Å². The summed E-state index contributed by atoms with van der Waals surface area (Å²) >= 11 is 0. The van der Waals surface area contributed by atoms with Gasteiger partial charge in [-0.15, -0.1) is 0 Å². The third-order valence-electron chi connectivity index (χ3n) is 2.38. The van der Waals surface area contributed by atoms with Gasteiger partial charge < -0.3 is 10.4 Å². The van der Waals surface area contributed by atoms with Crippen LogP contribution in [0.1, 0.15) is 18.1 Å². The largest absolute Gasteiger partial charge is 0.390 e. The summed E-state index contributed by atoms with van der Waals surface area (Å²) in [4.78, 5) is 0. The summed E-state index contributed by atoms with van der Waals surface area (Å²) < 4.78 is 25.3. The van der Waals surface area contributed by atoms with Gasteiger partial charge in [0.15, 0.2) is 0 Å². The zero-order valence-corrected chi connectivity index (χ0v) is 9.34. The number of hydrogen-bond donors (Lipinski definition) is 2. The molecule has 0 amide bonds. The van der Waals surface area contributed by atoms with Crippen molar-refractivity contribution in [3.63, 3.8) is 0 Å². The highest BCUT2D eigenvalue weighted by atomic mass is 19.3. The van der Waals surface area contributed by atoms with Crippen molar-refractivity contribution in [3.8, 4) is 0 Å². The van der Waals surface area contributed by atoms with Crippen LogP contribution in [0.25, 0.3) is 0 Å². The summed E-state index contributed by atoms with van der Waals surface area (Å²) in [5.74, 6) is -3.04. The van der Waals surface area contributed by atoms with Gasteiger partial charge in [-0.25, -0.2) is 8.78 Å². The first kappa shape index (κ1) is 13.1. The van der Waals surface area contributed by atoms with Crippen LogP contribution in [0, 0.1) is 0 Å². The molecule has 16 heavy (non-hydrogen) atoms.